The van der Waals surface area contributed by atoms with Gasteiger partial charge in [-0.3, -0.25) is 4.79 Å². The van der Waals surface area contributed by atoms with Gasteiger partial charge in [0.15, 0.2) is 0 Å². The number of benzene rings is 1. The Kier molecular flexibility index (Phi) is 4.84. The number of halogens is 3. The molecule has 1 amide bonds. The fraction of sp³-hybridized carbons (Fsp3) is 0.231. The molecule has 1 aromatic heterocycles. The molecule has 2 rings (SSSR count). The summed E-state index contributed by atoms with van der Waals surface area (Å²) in [5.41, 5.74) is 0.927. The number of alkyl halides is 2. The number of nitrogens with one attached hydrogen (secondary N) is 1. The molecule has 112 valence electrons. The zero-order valence-corrected chi connectivity index (χ0v) is 12.7. The summed E-state index contributed by atoms with van der Waals surface area (Å²) in [5.74, 6) is -2.76. The fourth-order valence-corrected chi connectivity index (χ4v) is 2.72. The molecule has 0 saturated heterocycles. The topological polar surface area (TPSA) is 55.1 Å². The Hall–Kier alpha value is -1.60. The Morgan fingerprint density at radius 1 is 1.43 bits per heavy atom. The van der Waals surface area contributed by atoms with Gasteiger partial charge in [-0.25, -0.2) is 0 Å². The maximum absolute atomic E-state index is 12.6. The molecular formula is C13H11ClF2N2O2S. The lowest BCUT2D eigenvalue weighted by Crippen LogP contribution is -2.14. The third-order valence-electron chi connectivity index (χ3n) is 2.68. The molecule has 0 fully saturated rings. The van der Waals surface area contributed by atoms with Crippen LogP contribution in [0, 0.1) is 13.8 Å². The minimum atomic E-state index is -2.64. The van der Waals surface area contributed by atoms with Crippen LogP contribution in [-0.4, -0.2) is 16.8 Å². The standard InChI is InChI=1S/C13H11ClF2N2O2S/c1-6-10(7(2)20-18-6)12(19)17-9-5-3-4-8(14)11(9)21-13(15)16/h3-5,13H,1-2H3,(H,17,19). The van der Waals surface area contributed by atoms with Crippen molar-refractivity contribution in [2.45, 2.75) is 24.5 Å². The third kappa shape index (κ3) is 3.54. The van der Waals surface area contributed by atoms with E-state index < -0.39 is 11.7 Å². The molecule has 1 heterocycles. The van der Waals surface area contributed by atoms with E-state index in [0.717, 1.165) is 0 Å². The van der Waals surface area contributed by atoms with Gasteiger partial charge in [-0.2, -0.15) is 8.78 Å². The SMILES string of the molecule is Cc1noc(C)c1C(=O)Nc1cccc(Cl)c1SC(F)F. The van der Waals surface area contributed by atoms with Gasteiger partial charge in [-0.1, -0.05) is 34.6 Å². The van der Waals surface area contributed by atoms with Gasteiger partial charge in [0.2, 0.25) is 0 Å². The molecule has 0 aliphatic rings. The van der Waals surface area contributed by atoms with Crippen LogP contribution in [0.4, 0.5) is 14.5 Å². The van der Waals surface area contributed by atoms with Crippen molar-refractivity contribution >= 4 is 35.0 Å². The highest BCUT2D eigenvalue weighted by molar-refractivity contribution is 7.99. The van der Waals surface area contributed by atoms with E-state index >= 15 is 0 Å². The van der Waals surface area contributed by atoms with Crippen molar-refractivity contribution in [1.29, 1.82) is 0 Å². The van der Waals surface area contributed by atoms with E-state index in [1.807, 2.05) is 0 Å². The van der Waals surface area contributed by atoms with E-state index in [9.17, 15) is 13.6 Å². The second-order valence-corrected chi connectivity index (χ2v) is 5.56. The van der Waals surface area contributed by atoms with Crippen LogP contribution in [0.2, 0.25) is 5.02 Å². The molecule has 0 radical (unpaired) electrons. The molecule has 21 heavy (non-hydrogen) atoms. The summed E-state index contributed by atoms with van der Waals surface area (Å²) < 4.78 is 30.1. The highest BCUT2D eigenvalue weighted by Crippen LogP contribution is 2.37. The highest BCUT2D eigenvalue weighted by atomic mass is 35.5. The number of anilines is 1. The van der Waals surface area contributed by atoms with Crippen molar-refractivity contribution in [2.75, 3.05) is 5.32 Å². The maximum Gasteiger partial charge on any atom is 0.289 e. The van der Waals surface area contributed by atoms with Gasteiger partial charge < -0.3 is 9.84 Å². The number of thioether (sulfide) groups is 1. The molecule has 0 bridgehead atoms. The van der Waals surface area contributed by atoms with Crippen molar-refractivity contribution in [3.63, 3.8) is 0 Å². The molecule has 0 saturated carbocycles. The molecule has 2 aromatic rings. The zero-order valence-electron chi connectivity index (χ0n) is 11.1. The first kappa shape index (κ1) is 15.8. The van der Waals surface area contributed by atoms with Crippen LogP contribution in [0.15, 0.2) is 27.6 Å². The van der Waals surface area contributed by atoms with Crippen LogP contribution in [0.1, 0.15) is 21.8 Å². The number of hydrogen-bond donors (Lipinski definition) is 1. The predicted molar refractivity (Wildman–Crippen MR) is 77.2 cm³/mol. The Morgan fingerprint density at radius 2 is 2.14 bits per heavy atom. The molecule has 0 spiro atoms. The Balaban J connectivity index is 2.31. The Morgan fingerprint density at radius 3 is 2.71 bits per heavy atom. The van der Waals surface area contributed by atoms with E-state index in [1.165, 1.54) is 12.1 Å². The number of nitrogens with zero attached hydrogens (tertiary/aromatic N) is 1. The van der Waals surface area contributed by atoms with Gasteiger partial charge in [-0.15, -0.1) is 0 Å². The van der Waals surface area contributed by atoms with Gasteiger partial charge in [-0.05, 0) is 26.0 Å². The lowest BCUT2D eigenvalue weighted by molar-refractivity contribution is 0.102. The summed E-state index contributed by atoms with van der Waals surface area (Å²) in [4.78, 5) is 12.3. The molecule has 8 heteroatoms. The summed E-state index contributed by atoms with van der Waals surface area (Å²) >= 11 is 6.19. The average molecular weight is 333 g/mol. The maximum atomic E-state index is 12.6. The lowest BCUT2D eigenvalue weighted by atomic mass is 10.2. The normalized spacial score (nSPS) is 11.0. The zero-order chi connectivity index (χ0) is 15.6. The number of hydrogen-bond acceptors (Lipinski definition) is 4. The number of aryl methyl sites for hydroxylation is 2. The molecule has 1 aromatic carbocycles. The summed E-state index contributed by atoms with van der Waals surface area (Å²) in [7, 11) is 0. The Bertz CT molecular complexity index is 657. The minimum Gasteiger partial charge on any atom is -0.361 e. The number of rotatable bonds is 4. The van der Waals surface area contributed by atoms with E-state index in [-0.39, 0.29) is 32.9 Å². The molecule has 1 N–H and O–H groups in total. The summed E-state index contributed by atoms with van der Waals surface area (Å²) in [5, 5.41) is 6.39. The van der Waals surface area contributed by atoms with Gasteiger partial charge in [0.05, 0.1) is 21.3 Å². The average Bonchev–Trinajstić information content (AvgIpc) is 2.73. The van der Waals surface area contributed by atoms with Gasteiger partial charge in [0.25, 0.3) is 11.7 Å². The number of aromatic nitrogens is 1. The predicted octanol–water partition coefficient (Wildman–Crippen LogP) is 4.51. The van der Waals surface area contributed by atoms with E-state index in [0.29, 0.717) is 11.5 Å². The van der Waals surface area contributed by atoms with E-state index in [4.69, 9.17) is 16.1 Å². The van der Waals surface area contributed by atoms with Crippen LogP contribution in [0.5, 0.6) is 0 Å². The molecule has 0 unspecified atom stereocenters. The second-order valence-electron chi connectivity index (χ2n) is 4.15. The minimum absolute atomic E-state index is 0.120. The molecule has 0 aliphatic carbocycles. The smallest absolute Gasteiger partial charge is 0.289 e. The largest absolute Gasteiger partial charge is 0.361 e. The summed E-state index contributed by atoms with van der Waals surface area (Å²) in [6.07, 6.45) is 0. The lowest BCUT2D eigenvalue weighted by Gasteiger charge is -2.11. The summed E-state index contributed by atoms with van der Waals surface area (Å²) in [6.45, 7) is 3.22. The van der Waals surface area contributed by atoms with Gasteiger partial charge in [0.1, 0.15) is 11.3 Å². The first-order chi connectivity index (χ1) is 9.90. The molecule has 4 nitrogen and oxygen atoms in total. The third-order valence-corrected chi connectivity index (χ3v) is 3.96. The molecule has 0 aliphatic heterocycles. The van der Waals surface area contributed by atoms with Gasteiger partial charge >= 0.3 is 0 Å². The first-order valence-electron chi connectivity index (χ1n) is 5.87. The van der Waals surface area contributed by atoms with Crippen LogP contribution in [-0.2, 0) is 0 Å². The fourth-order valence-electron chi connectivity index (χ4n) is 1.81. The quantitative estimate of drug-likeness (QED) is 0.837. The molecule has 0 atom stereocenters. The number of carbonyl (C=O) groups is 1. The van der Waals surface area contributed by atoms with Crippen LogP contribution >= 0.6 is 23.4 Å². The number of amides is 1. The van der Waals surface area contributed by atoms with E-state index in [2.05, 4.69) is 10.5 Å². The van der Waals surface area contributed by atoms with Crippen LogP contribution in [0.3, 0.4) is 0 Å². The van der Waals surface area contributed by atoms with Crippen molar-refractivity contribution in [3.8, 4) is 0 Å². The monoisotopic (exact) mass is 332 g/mol. The number of carbonyl (C=O) groups excluding carboxylic acids is 1. The Labute approximate surface area is 128 Å². The second kappa shape index (κ2) is 6.44. The van der Waals surface area contributed by atoms with Crippen molar-refractivity contribution in [1.82, 2.24) is 5.16 Å². The molecular weight excluding hydrogens is 322 g/mol. The van der Waals surface area contributed by atoms with Crippen molar-refractivity contribution in [2.24, 2.45) is 0 Å². The highest BCUT2D eigenvalue weighted by Gasteiger charge is 2.20. The first-order valence-corrected chi connectivity index (χ1v) is 7.13. The van der Waals surface area contributed by atoms with Crippen LogP contribution < -0.4 is 5.32 Å². The summed E-state index contributed by atoms with van der Waals surface area (Å²) in [6, 6.07) is 4.56. The van der Waals surface area contributed by atoms with Crippen LogP contribution in [0.25, 0.3) is 0 Å². The van der Waals surface area contributed by atoms with Crippen molar-refractivity contribution < 1.29 is 18.1 Å². The van der Waals surface area contributed by atoms with Crippen molar-refractivity contribution in [3.05, 3.63) is 40.2 Å². The van der Waals surface area contributed by atoms with E-state index in [1.54, 1.807) is 19.9 Å². The van der Waals surface area contributed by atoms with Gasteiger partial charge in [0, 0.05) is 0 Å².